The molecule has 3 nitrogen and oxygen atoms in total. The minimum absolute atomic E-state index is 0.117. The maximum absolute atomic E-state index is 11.8. The number of aromatic nitrogens is 1. The topological polar surface area (TPSA) is 42.0 Å². The lowest BCUT2D eigenvalue weighted by molar-refractivity contribution is 0.0944. The molecule has 0 fully saturated rings. The Morgan fingerprint density at radius 3 is 2.42 bits per heavy atom. The lowest BCUT2D eigenvalue weighted by Crippen LogP contribution is -2.27. The van der Waals surface area contributed by atoms with Crippen molar-refractivity contribution in [2.75, 3.05) is 6.54 Å². The third-order valence-electron chi connectivity index (χ3n) is 2.77. The molecule has 1 heterocycles. The van der Waals surface area contributed by atoms with Crippen molar-refractivity contribution in [2.24, 2.45) is 5.92 Å². The van der Waals surface area contributed by atoms with Crippen LogP contribution in [0.1, 0.15) is 24.3 Å². The van der Waals surface area contributed by atoms with Gasteiger partial charge in [0.2, 0.25) is 0 Å². The van der Waals surface area contributed by atoms with E-state index >= 15 is 0 Å². The first-order chi connectivity index (χ1) is 9.16. The molecule has 19 heavy (non-hydrogen) atoms. The lowest BCUT2D eigenvalue weighted by atomic mass is 10.1. The van der Waals surface area contributed by atoms with Gasteiger partial charge >= 0.3 is 0 Å². The van der Waals surface area contributed by atoms with Crippen LogP contribution >= 0.6 is 0 Å². The third kappa shape index (κ3) is 3.65. The Morgan fingerprint density at radius 1 is 1.11 bits per heavy atom. The predicted octanol–water partition coefficient (Wildman–Crippen LogP) is 3.13. The standard InChI is InChI=1S/C16H18N2O/c1-12(2)10-18-16(19)15-9-8-14(11-17-15)13-6-4-3-5-7-13/h3-9,11-12H,10H2,1-2H3,(H,18,19). The summed E-state index contributed by atoms with van der Waals surface area (Å²) in [5, 5.41) is 2.86. The molecule has 3 heteroatoms. The van der Waals surface area contributed by atoms with Crippen LogP contribution in [0.5, 0.6) is 0 Å². The van der Waals surface area contributed by atoms with E-state index in [1.54, 1.807) is 12.3 Å². The summed E-state index contributed by atoms with van der Waals surface area (Å²) >= 11 is 0. The SMILES string of the molecule is CC(C)CNC(=O)c1ccc(-c2ccccc2)cn1. The van der Waals surface area contributed by atoms with Gasteiger partial charge in [-0.05, 0) is 17.5 Å². The maximum Gasteiger partial charge on any atom is 0.269 e. The second-order valence-electron chi connectivity index (χ2n) is 4.90. The molecule has 0 aliphatic rings. The number of pyridine rings is 1. The lowest BCUT2D eigenvalue weighted by Gasteiger charge is -2.07. The summed E-state index contributed by atoms with van der Waals surface area (Å²) in [4.78, 5) is 16.0. The zero-order chi connectivity index (χ0) is 13.7. The zero-order valence-corrected chi connectivity index (χ0v) is 11.3. The molecule has 98 valence electrons. The molecule has 0 bridgehead atoms. The van der Waals surface area contributed by atoms with Crippen molar-refractivity contribution in [1.29, 1.82) is 0 Å². The molecule has 1 N–H and O–H groups in total. The number of nitrogens with zero attached hydrogens (tertiary/aromatic N) is 1. The van der Waals surface area contributed by atoms with Gasteiger partial charge in [-0.1, -0.05) is 50.2 Å². The van der Waals surface area contributed by atoms with Gasteiger partial charge in [-0.25, -0.2) is 0 Å². The van der Waals surface area contributed by atoms with E-state index < -0.39 is 0 Å². The van der Waals surface area contributed by atoms with Crippen molar-refractivity contribution < 1.29 is 4.79 Å². The number of rotatable bonds is 4. The summed E-state index contributed by atoms with van der Waals surface area (Å²) in [5.74, 6) is 0.320. The molecule has 1 aromatic heterocycles. The summed E-state index contributed by atoms with van der Waals surface area (Å²) in [7, 11) is 0. The summed E-state index contributed by atoms with van der Waals surface area (Å²) < 4.78 is 0. The summed E-state index contributed by atoms with van der Waals surface area (Å²) in [6.45, 7) is 4.79. The normalized spacial score (nSPS) is 10.5. The average Bonchev–Trinajstić information content (AvgIpc) is 2.46. The monoisotopic (exact) mass is 254 g/mol. The Labute approximate surface area is 113 Å². The highest BCUT2D eigenvalue weighted by molar-refractivity contribution is 5.92. The molecule has 0 saturated heterocycles. The second-order valence-corrected chi connectivity index (χ2v) is 4.90. The molecule has 0 radical (unpaired) electrons. The number of hydrogen-bond acceptors (Lipinski definition) is 2. The van der Waals surface area contributed by atoms with Gasteiger partial charge in [0.05, 0.1) is 0 Å². The fourth-order valence-corrected chi connectivity index (χ4v) is 1.72. The second kappa shape index (κ2) is 6.14. The van der Waals surface area contributed by atoms with Gasteiger partial charge in [-0.15, -0.1) is 0 Å². The number of benzene rings is 1. The Bertz CT molecular complexity index is 532. The molecule has 0 atom stereocenters. The van der Waals surface area contributed by atoms with Crippen LogP contribution in [-0.4, -0.2) is 17.4 Å². The summed E-state index contributed by atoms with van der Waals surface area (Å²) in [6.07, 6.45) is 1.74. The van der Waals surface area contributed by atoms with Crippen molar-refractivity contribution in [3.63, 3.8) is 0 Å². The van der Waals surface area contributed by atoms with Gasteiger partial charge in [-0.2, -0.15) is 0 Å². The van der Waals surface area contributed by atoms with Crippen LogP contribution in [0.2, 0.25) is 0 Å². The molecule has 0 aliphatic carbocycles. The van der Waals surface area contributed by atoms with Crippen LogP contribution in [-0.2, 0) is 0 Å². The van der Waals surface area contributed by atoms with E-state index in [0.29, 0.717) is 18.2 Å². The van der Waals surface area contributed by atoms with E-state index in [-0.39, 0.29) is 5.91 Å². The molecular weight excluding hydrogens is 236 g/mol. The minimum Gasteiger partial charge on any atom is -0.350 e. The molecule has 1 amide bonds. The fourth-order valence-electron chi connectivity index (χ4n) is 1.72. The van der Waals surface area contributed by atoms with Crippen LogP contribution in [0.3, 0.4) is 0 Å². The van der Waals surface area contributed by atoms with E-state index in [4.69, 9.17) is 0 Å². The third-order valence-corrected chi connectivity index (χ3v) is 2.77. The minimum atomic E-state index is -0.117. The Hall–Kier alpha value is -2.16. The molecule has 0 aliphatic heterocycles. The molecule has 0 unspecified atom stereocenters. The van der Waals surface area contributed by atoms with Gasteiger partial charge in [-0.3, -0.25) is 9.78 Å². The van der Waals surface area contributed by atoms with Crippen molar-refractivity contribution in [2.45, 2.75) is 13.8 Å². The maximum atomic E-state index is 11.8. The molecular formula is C16H18N2O. The van der Waals surface area contributed by atoms with E-state index in [2.05, 4.69) is 24.1 Å². The van der Waals surface area contributed by atoms with Crippen molar-refractivity contribution in [1.82, 2.24) is 10.3 Å². The summed E-state index contributed by atoms with van der Waals surface area (Å²) in [5.41, 5.74) is 2.57. The highest BCUT2D eigenvalue weighted by atomic mass is 16.1. The highest BCUT2D eigenvalue weighted by Gasteiger charge is 2.07. The Morgan fingerprint density at radius 2 is 1.84 bits per heavy atom. The van der Waals surface area contributed by atoms with E-state index in [1.807, 2.05) is 36.4 Å². The first kappa shape index (κ1) is 13.3. The van der Waals surface area contributed by atoms with Gasteiger partial charge in [0, 0.05) is 18.3 Å². The Balaban J connectivity index is 2.08. The van der Waals surface area contributed by atoms with Crippen LogP contribution in [0.4, 0.5) is 0 Å². The number of carbonyl (C=O) groups excluding carboxylic acids is 1. The van der Waals surface area contributed by atoms with Crippen LogP contribution < -0.4 is 5.32 Å². The van der Waals surface area contributed by atoms with Crippen molar-refractivity contribution >= 4 is 5.91 Å². The average molecular weight is 254 g/mol. The highest BCUT2D eigenvalue weighted by Crippen LogP contribution is 2.17. The van der Waals surface area contributed by atoms with E-state index in [9.17, 15) is 4.79 Å². The molecule has 2 aromatic rings. The van der Waals surface area contributed by atoms with Gasteiger partial charge in [0.25, 0.3) is 5.91 Å². The predicted molar refractivity (Wildman–Crippen MR) is 76.8 cm³/mol. The number of amides is 1. The summed E-state index contributed by atoms with van der Waals surface area (Å²) in [6, 6.07) is 13.7. The van der Waals surface area contributed by atoms with Crippen LogP contribution in [0.25, 0.3) is 11.1 Å². The molecule has 2 rings (SSSR count). The van der Waals surface area contributed by atoms with Gasteiger partial charge in [0.15, 0.2) is 0 Å². The number of nitrogens with one attached hydrogen (secondary N) is 1. The number of carbonyl (C=O) groups is 1. The largest absolute Gasteiger partial charge is 0.350 e. The molecule has 0 spiro atoms. The Kier molecular flexibility index (Phi) is 4.29. The molecule has 1 aromatic carbocycles. The van der Waals surface area contributed by atoms with Crippen molar-refractivity contribution in [3.8, 4) is 11.1 Å². The fraction of sp³-hybridized carbons (Fsp3) is 0.250. The smallest absolute Gasteiger partial charge is 0.269 e. The number of hydrogen-bond donors (Lipinski definition) is 1. The van der Waals surface area contributed by atoms with E-state index in [0.717, 1.165) is 11.1 Å². The first-order valence-corrected chi connectivity index (χ1v) is 6.46. The van der Waals surface area contributed by atoms with Gasteiger partial charge < -0.3 is 5.32 Å². The van der Waals surface area contributed by atoms with Crippen molar-refractivity contribution in [3.05, 3.63) is 54.4 Å². The quantitative estimate of drug-likeness (QED) is 0.910. The van der Waals surface area contributed by atoms with Crippen LogP contribution in [0, 0.1) is 5.92 Å². The zero-order valence-electron chi connectivity index (χ0n) is 11.3. The first-order valence-electron chi connectivity index (χ1n) is 6.46. The van der Waals surface area contributed by atoms with Gasteiger partial charge in [0.1, 0.15) is 5.69 Å². The van der Waals surface area contributed by atoms with E-state index in [1.165, 1.54) is 0 Å². The van der Waals surface area contributed by atoms with Crippen LogP contribution in [0.15, 0.2) is 48.7 Å². The molecule has 0 saturated carbocycles.